The van der Waals surface area contributed by atoms with Crippen LogP contribution in [-0.2, 0) is 6.42 Å². The highest BCUT2D eigenvalue weighted by Gasteiger charge is 2.11. The largest absolute Gasteiger partial charge is 0.384 e. The first-order chi connectivity index (χ1) is 10.2. The number of aromatic nitrogens is 2. The molecule has 2 aromatic rings. The van der Waals surface area contributed by atoms with Gasteiger partial charge in [0.05, 0.1) is 11.9 Å². The van der Waals surface area contributed by atoms with Crippen LogP contribution in [0.3, 0.4) is 0 Å². The Kier molecular flexibility index (Phi) is 5.37. The number of carbonyl (C=O) groups excluding carboxylic acids is 1. The maximum atomic E-state index is 12.3. The molecule has 5 nitrogen and oxygen atoms in total. The van der Waals surface area contributed by atoms with Crippen LogP contribution in [0.2, 0.25) is 0 Å². The van der Waals surface area contributed by atoms with Crippen LogP contribution in [-0.4, -0.2) is 29.0 Å². The predicted molar refractivity (Wildman–Crippen MR) is 84.6 cm³/mol. The Balaban J connectivity index is 1.98. The normalized spacial score (nSPS) is 10.4. The molecule has 1 amide bonds. The fraction of sp³-hybridized carbons (Fsp3) is 0.375. The lowest BCUT2D eigenvalue weighted by Crippen LogP contribution is -2.26. The number of aryl methyl sites for hydroxylation is 1. The average molecular weight is 286 g/mol. The van der Waals surface area contributed by atoms with Crippen molar-refractivity contribution in [3.05, 3.63) is 47.5 Å². The van der Waals surface area contributed by atoms with E-state index in [1.54, 1.807) is 12.5 Å². The molecule has 0 aliphatic heterocycles. The zero-order valence-electron chi connectivity index (χ0n) is 12.6. The number of hydrogen-bond acceptors (Lipinski definition) is 3. The van der Waals surface area contributed by atoms with Crippen LogP contribution in [0.1, 0.15) is 35.0 Å². The lowest BCUT2D eigenvalue weighted by molar-refractivity contribution is 0.0955. The molecule has 0 aliphatic carbocycles. The van der Waals surface area contributed by atoms with Crippen molar-refractivity contribution in [2.45, 2.75) is 26.7 Å². The number of amides is 1. The van der Waals surface area contributed by atoms with Crippen LogP contribution < -0.4 is 10.6 Å². The molecule has 1 aromatic heterocycles. The van der Waals surface area contributed by atoms with Gasteiger partial charge in [-0.05, 0) is 25.5 Å². The predicted octanol–water partition coefficient (Wildman–Crippen LogP) is 2.51. The van der Waals surface area contributed by atoms with Crippen LogP contribution in [0.25, 0.3) is 0 Å². The maximum absolute atomic E-state index is 12.3. The fourth-order valence-corrected chi connectivity index (χ4v) is 2.09. The first kappa shape index (κ1) is 15.1. The summed E-state index contributed by atoms with van der Waals surface area (Å²) in [5.74, 6) is -0.0446. The average Bonchev–Trinajstić information content (AvgIpc) is 2.99. The van der Waals surface area contributed by atoms with Crippen molar-refractivity contribution in [3.63, 3.8) is 0 Å². The van der Waals surface area contributed by atoms with Crippen LogP contribution in [0.15, 0.2) is 30.7 Å². The van der Waals surface area contributed by atoms with Gasteiger partial charge in [-0.2, -0.15) is 0 Å². The molecule has 0 unspecified atom stereocenters. The van der Waals surface area contributed by atoms with Gasteiger partial charge < -0.3 is 15.6 Å². The second-order valence-electron chi connectivity index (χ2n) is 5.06. The highest BCUT2D eigenvalue weighted by molar-refractivity contribution is 5.99. The number of hydrogen-bond donors (Lipinski definition) is 3. The summed E-state index contributed by atoms with van der Waals surface area (Å²) < 4.78 is 0. The second kappa shape index (κ2) is 7.47. The summed E-state index contributed by atoms with van der Waals surface area (Å²) in [5, 5.41) is 6.25. The minimum atomic E-state index is -0.0446. The number of nitrogens with zero attached hydrogens (tertiary/aromatic N) is 1. The smallest absolute Gasteiger partial charge is 0.253 e. The minimum Gasteiger partial charge on any atom is -0.384 e. The van der Waals surface area contributed by atoms with Crippen LogP contribution >= 0.6 is 0 Å². The molecule has 1 heterocycles. The monoisotopic (exact) mass is 286 g/mol. The number of benzene rings is 1. The molecule has 5 heteroatoms. The summed E-state index contributed by atoms with van der Waals surface area (Å²) in [4.78, 5) is 19.3. The van der Waals surface area contributed by atoms with Crippen molar-refractivity contribution in [1.29, 1.82) is 0 Å². The Morgan fingerprint density at radius 2 is 2.19 bits per heavy atom. The van der Waals surface area contributed by atoms with Crippen molar-refractivity contribution in [3.8, 4) is 0 Å². The third-order valence-corrected chi connectivity index (χ3v) is 3.22. The number of carbonyl (C=O) groups is 1. The third kappa shape index (κ3) is 4.34. The molecule has 3 N–H and O–H groups in total. The summed E-state index contributed by atoms with van der Waals surface area (Å²) in [5.41, 5.74) is 3.69. The van der Waals surface area contributed by atoms with Crippen LogP contribution in [0.5, 0.6) is 0 Å². The molecule has 112 valence electrons. The standard InChI is InChI=1S/C16H22N4O/c1-3-7-18-15-5-4-12(2)9-14(15)16(21)19-8-6-13-10-17-11-20-13/h4-5,9-11,18H,3,6-8H2,1-2H3,(H,17,20)(H,19,21). The summed E-state index contributed by atoms with van der Waals surface area (Å²) in [7, 11) is 0. The summed E-state index contributed by atoms with van der Waals surface area (Å²) in [6, 6.07) is 5.90. The second-order valence-corrected chi connectivity index (χ2v) is 5.06. The van der Waals surface area contributed by atoms with Crippen molar-refractivity contribution >= 4 is 11.6 Å². The molecule has 0 aliphatic rings. The van der Waals surface area contributed by atoms with Gasteiger partial charge in [0.25, 0.3) is 5.91 Å². The molecule has 0 radical (unpaired) electrons. The van der Waals surface area contributed by atoms with E-state index in [0.717, 1.165) is 36.3 Å². The number of rotatable bonds is 7. The number of anilines is 1. The van der Waals surface area contributed by atoms with Crippen molar-refractivity contribution in [2.75, 3.05) is 18.4 Å². The van der Waals surface area contributed by atoms with E-state index in [9.17, 15) is 4.79 Å². The van der Waals surface area contributed by atoms with Crippen molar-refractivity contribution in [1.82, 2.24) is 15.3 Å². The van der Waals surface area contributed by atoms with E-state index in [2.05, 4.69) is 27.5 Å². The van der Waals surface area contributed by atoms with Gasteiger partial charge in [-0.3, -0.25) is 4.79 Å². The summed E-state index contributed by atoms with van der Waals surface area (Å²) in [6.45, 7) is 5.54. The van der Waals surface area contributed by atoms with Crippen molar-refractivity contribution < 1.29 is 4.79 Å². The lowest BCUT2D eigenvalue weighted by Gasteiger charge is -2.12. The van der Waals surface area contributed by atoms with E-state index in [0.29, 0.717) is 12.1 Å². The zero-order valence-corrected chi connectivity index (χ0v) is 12.6. The number of aromatic amines is 1. The number of imidazole rings is 1. The van der Waals surface area contributed by atoms with Gasteiger partial charge in [0.15, 0.2) is 0 Å². The molecule has 0 fully saturated rings. The molecule has 0 spiro atoms. The molecule has 1 aromatic carbocycles. The minimum absolute atomic E-state index is 0.0446. The van der Waals surface area contributed by atoms with Gasteiger partial charge in [0, 0.05) is 37.1 Å². The first-order valence-electron chi connectivity index (χ1n) is 7.30. The van der Waals surface area contributed by atoms with E-state index in [1.807, 2.05) is 25.1 Å². The van der Waals surface area contributed by atoms with E-state index in [1.165, 1.54) is 0 Å². The van der Waals surface area contributed by atoms with Crippen LogP contribution in [0, 0.1) is 6.92 Å². The first-order valence-corrected chi connectivity index (χ1v) is 7.30. The highest BCUT2D eigenvalue weighted by Crippen LogP contribution is 2.17. The van der Waals surface area contributed by atoms with Crippen LogP contribution in [0.4, 0.5) is 5.69 Å². The SMILES string of the molecule is CCCNc1ccc(C)cc1C(=O)NCCc1cnc[nH]1. The Hall–Kier alpha value is -2.30. The van der Waals surface area contributed by atoms with Gasteiger partial charge in [-0.1, -0.05) is 18.6 Å². The van der Waals surface area contributed by atoms with Gasteiger partial charge >= 0.3 is 0 Å². The Bertz CT molecular complexity index is 578. The zero-order chi connectivity index (χ0) is 15.1. The fourth-order valence-electron chi connectivity index (χ4n) is 2.09. The quantitative estimate of drug-likeness (QED) is 0.732. The number of H-pyrrole nitrogens is 1. The lowest BCUT2D eigenvalue weighted by atomic mass is 10.1. The Morgan fingerprint density at radius 3 is 2.90 bits per heavy atom. The number of nitrogens with one attached hydrogen (secondary N) is 3. The molecule has 0 bridgehead atoms. The molecular formula is C16H22N4O. The van der Waals surface area contributed by atoms with E-state index in [4.69, 9.17) is 0 Å². The topological polar surface area (TPSA) is 69.8 Å². The molecule has 0 atom stereocenters. The van der Waals surface area contributed by atoms with E-state index < -0.39 is 0 Å². The Labute approximate surface area is 125 Å². The van der Waals surface area contributed by atoms with Gasteiger partial charge in [-0.25, -0.2) is 4.98 Å². The van der Waals surface area contributed by atoms with E-state index in [-0.39, 0.29) is 5.91 Å². The molecule has 2 rings (SSSR count). The Morgan fingerprint density at radius 1 is 1.33 bits per heavy atom. The van der Waals surface area contributed by atoms with E-state index >= 15 is 0 Å². The summed E-state index contributed by atoms with van der Waals surface area (Å²) >= 11 is 0. The molecular weight excluding hydrogens is 264 g/mol. The van der Waals surface area contributed by atoms with Crippen molar-refractivity contribution in [2.24, 2.45) is 0 Å². The van der Waals surface area contributed by atoms with Gasteiger partial charge in [0.2, 0.25) is 0 Å². The summed E-state index contributed by atoms with van der Waals surface area (Å²) in [6.07, 6.45) is 5.18. The maximum Gasteiger partial charge on any atom is 0.253 e. The molecule has 21 heavy (non-hydrogen) atoms. The third-order valence-electron chi connectivity index (χ3n) is 3.22. The van der Waals surface area contributed by atoms with Gasteiger partial charge in [-0.15, -0.1) is 0 Å². The molecule has 0 saturated heterocycles. The molecule has 0 saturated carbocycles. The highest BCUT2D eigenvalue weighted by atomic mass is 16.1. The van der Waals surface area contributed by atoms with Gasteiger partial charge in [0.1, 0.15) is 0 Å².